The van der Waals surface area contributed by atoms with Gasteiger partial charge in [0.2, 0.25) is 0 Å². The number of carbonyl (C=O) groups excluding carboxylic acids is 2. The largest absolute Gasteiger partial charge is 0.491 e. The fourth-order valence-electron chi connectivity index (χ4n) is 3.90. The van der Waals surface area contributed by atoms with Crippen molar-refractivity contribution in [2.24, 2.45) is 5.92 Å². The van der Waals surface area contributed by atoms with Gasteiger partial charge in [0.1, 0.15) is 12.4 Å². The maximum atomic E-state index is 13.4. The lowest BCUT2D eigenvalue weighted by Crippen LogP contribution is -2.45. The first-order valence-corrected chi connectivity index (χ1v) is 11.6. The Balaban J connectivity index is 1.85. The van der Waals surface area contributed by atoms with Crippen molar-refractivity contribution in [3.63, 3.8) is 0 Å². The molecule has 1 aliphatic heterocycles. The van der Waals surface area contributed by atoms with E-state index in [-0.39, 0.29) is 24.0 Å². The van der Waals surface area contributed by atoms with Crippen LogP contribution in [0.15, 0.2) is 42.5 Å². The fraction of sp³-hybridized carbons (Fsp3) is 0.440. The van der Waals surface area contributed by atoms with Gasteiger partial charge < -0.3 is 25.0 Å². The second kappa shape index (κ2) is 11.6. The van der Waals surface area contributed by atoms with E-state index in [2.05, 4.69) is 36.4 Å². The van der Waals surface area contributed by atoms with Crippen LogP contribution in [0, 0.1) is 5.92 Å². The van der Waals surface area contributed by atoms with Crippen LogP contribution >= 0.6 is 11.6 Å². The lowest BCUT2D eigenvalue weighted by molar-refractivity contribution is 0.0150. The molecule has 3 amide bonds. The fourth-order valence-corrected chi connectivity index (χ4v) is 4.09. The molecule has 1 heterocycles. The quantitative estimate of drug-likeness (QED) is 0.668. The second-order valence-electron chi connectivity index (χ2n) is 8.84. The van der Waals surface area contributed by atoms with E-state index < -0.39 is 6.03 Å². The van der Waals surface area contributed by atoms with E-state index in [9.17, 15) is 9.59 Å². The van der Waals surface area contributed by atoms with Crippen LogP contribution < -0.4 is 15.4 Å². The number of benzene rings is 2. The van der Waals surface area contributed by atoms with Crippen LogP contribution in [0.3, 0.4) is 0 Å². The maximum Gasteiger partial charge on any atom is 0.323 e. The van der Waals surface area contributed by atoms with E-state index >= 15 is 0 Å². The minimum absolute atomic E-state index is 0.114. The summed E-state index contributed by atoms with van der Waals surface area (Å²) in [5.74, 6) is 0.486. The summed E-state index contributed by atoms with van der Waals surface area (Å²) < 4.78 is 11.8. The van der Waals surface area contributed by atoms with Gasteiger partial charge in [-0.15, -0.1) is 0 Å². The summed E-state index contributed by atoms with van der Waals surface area (Å²) in [6.45, 7) is 5.89. The van der Waals surface area contributed by atoms with Crippen molar-refractivity contribution >= 4 is 34.9 Å². The number of halogens is 1. The third-order valence-electron chi connectivity index (χ3n) is 6.10. The van der Waals surface area contributed by atoms with Gasteiger partial charge in [-0.25, -0.2) is 4.79 Å². The number of hydrogen-bond acceptors (Lipinski definition) is 5. The van der Waals surface area contributed by atoms with Crippen molar-refractivity contribution in [3.8, 4) is 5.75 Å². The van der Waals surface area contributed by atoms with E-state index in [1.807, 2.05) is 0 Å². The van der Waals surface area contributed by atoms with Gasteiger partial charge in [-0.1, -0.05) is 24.6 Å². The molecule has 0 aromatic heterocycles. The zero-order chi connectivity index (χ0) is 24.8. The highest BCUT2D eigenvalue weighted by Crippen LogP contribution is 2.26. The minimum Gasteiger partial charge on any atom is -0.491 e. The molecule has 8 nitrogen and oxygen atoms in total. The minimum atomic E-state index is -0.444. The van der Waals surface area contributed by atoms with Gasteiger partial charge in [0, 0.05) is 49.7 Å². The van der Waals surface area contributed by atoms with Crippen molar-refractivity contribution in [2.45, 2.75) is 26.0 Å². The Kier molecular flexibility index (Phi) is 8.77. The molecule has 2 aromatic carbocycles. The van der Waals surface area contributed by atoms with Crippen molar-refractivity contribution < 1.29 is 19.1 Å². The molecule has 3 rings (SSSR count). The summed E-state index contributed by atoms with van der Waals surface area (Å²) in [5.41, 5.74) is 1.41. The lowest BCUT2D eigenvalue weighted by Gasteiger charge is -2.34. The predicted molar refractivity (Wildman–Crippen MR) is 135 cm³/mol. The van der Waals surface area contributed by atoms with Crippen molar-refractivity contribution in [1.29, 1.82) is 0 Å². The van der Waals surface area contributed by atoms with Crippen LogP contribution in [0.4, 0.5) is 16.2 Å². The summed E-state index contributed by atoms with van der Waals surface area (Å²) >= 11 is 5.98. The summed E-state index contributed by atoms with van der Waals surface area (Å²) in [7, 11) is 5.48. The summed E-state index contributed by atoms with van der Waals surface area (Å²) in [6.07, 6.45) is -0.114. The Hall–Kier alpha value is -2.81. The number of anilines is 2. The van der Waals surface area contributed by atoms with Gasteiger partial charge in [0.15, 0.2) is 0 Å². The number of carbonyl (C=O) groups is 2. The highest BCUT2D eigenvalue weighted by atomic mass is 35.5. The molecule has 0 unspecified atom stereocenters. The number of urea groups is 1. The van der Waals surface area contributed by atoms with E-state index in [0.29, 0.717) is 40.9 Å². The monoisotopic (exact) mass is 488 g/mol. The van der Waals surface area contributed by atoms with E-state index in [1.165, 1.54) is 0 Å². The van der Waals surface area contributed by atoms with Crippen molar-refractivity contribution in [1.82, 2.24) is 9.80 Å². The molecular weight excluding hydrogens is 456 g/mol. The molecule has 0 radical (unpaired) electrons. The molecule has 0 saturated heterocycles. The molecule has 0 bridgehead atoms. The number of methoxy groups -OCH3 is 1. The van der Waals surface area contributed by atoms with Crippen LogP contribution in [0.2, 0.25) is 5.02 Å². The lowest BCUT2D eigenvalue weighted by atomic mass is 10.0. The molecule has 184 valence electrons. The summed E-state index contributed by atoms with van der Waals surface area (Å²) in [5, 5.41) is 6.03. The summed E-state index contributed by atoms with van der Waals surface area (Å²) in [6, 6.07) is 11.6. The highest BCUT2D eigenvalue weighted by Gasteiger charge is 2.27. The predicted octanol–water partition coefficient (Wildman–Crippen LogP) is 4.42. The third-order valence-corrected chi connectivity index (χ3v) is 6.33. The molecule has 0 aliphatic carbocycles. The number of amides is 3. The van der Waals surface area contributed by atoms with E-state index in [1.54, 1.807) is 61.5 Å². The van der Waals surface area contributed by atoms with Gasteiger partial charge in [-0.2, -0.15) is 0 Å². The molecule has 2 aromatic rings. The smallest absolute Gasteiger partial charge is 0.323 e. The van der Waals surface area contributed by atoms with Gasteiger partial charge in [-0.3, -0.25) is 9.69 Å². The van der Waals surface area contributed by atoms with Crippen LogP contribution in [0.1, 0.15) is 24.2 Å². The Bertz CT molecular complexity index is 1020. The second-order valence-corrected chi connectivity index (χ2v) is 9.27. The van der Waals surface area contributed by atoms with Crippen LogP contribution in [0.25, 0.3) is 0 Å². The number of nitrogens with zero attached hydrogens (tertiary/aromatic N) is 2. The molecule has 0 saturated carbocycles. The standard InChI is InChI=1S/C25H33ClN4O4/c1-16-13-29(3)17(2)15-34-22-10-9-20(12-21(22)24(31)30(4)14-23(16)33-5)28-25(32)27-19-8-6-7-18(26)11-19/h6-12,16-17,23H,13-15H2,1-5H3,(H2,27,28,32)/t16-,17-,23-/m0/s1. The molecule has 9 heteroatoms. The first-order chi connectivity index (χ1) is 16.2. The van der Waals surface area contributed by atoms with E-state index in [0.717, 1.165) is 6.54 Å². The molecular formula is C25H33ClN4O4. The SMILES string of the molecule is CO[C@H]1CN(C)C(=O)c2cc(NC(=O)Nc3cccc(Cl)c3)ccc2OC[C@H](C)N(C)C[C@@H]1C. The van der Waals surface area contributed by atoms with Crippen molar-refractivity contribution in [3.05, 3.63) is 53.1 Å². The molecule has 34 heavy (non-hydrogen) atoms. The molecule has 2 N–H and O–H groups in total. The Labute approximate surface area is 206 Å². The molecule has 0 spiro atoms. The summed E-state index contributed by atoms with van der Waals surface area (Å²) in [4.78, 5) is 29.7. The number of ether oxygens (including phenoxy) is 2. The average Bonchev–Trinajstić information content (AvgIpc) is 2.79. The topological polar surface area (TPSA) is 83.1 Å². The van der Waals surface area contributed by atoms with Gasteiger partial charge in [-0.05, 0) is 56.3 Å². The maximum absolute atomic E-state index is 13.4. The number of nitrogens with one attached hydrogen (secondary N) is 2. The van der Waals surface area contributed by atoms with Crippen LogP contribution in [-0.4, -0.2) is 74.8 Å². The number of rotatable bonds is 3. The first kappa shape index (κ1) is 25.8. The molecule has 0 fully saturated rings. The first-order valence-electron chi connectivity index (χ1n) is 11.3. The van der Waals surface area contributed by atoms with Crippen molar-refractivity contribution in [2.75, 3.05) is 51.5 Å². The molecule has 1 aliphatic rings. The van der Waals surface area contributed by atoms with Gasteiger partial charge >= 0.3 is 6.03 Å². The Morgan fingerprint density at radius 1 is 1.09 bits per heavy atom. The third kappa shape index (κ3) is 6.62. The molecule has 3 atom stereocenters. The highest BCUT2D eigenvalue weighted by molar-refractivity contribution is 6.30. The number of likely N-dealkylation sites (N-methyl/N-ethyl adjacent to an activating group) is 2. The number of hydrogen-bond donors (Lipinski definition) is 2. The Morgan fingerprint density at radius 3 is 2.47 bits per heavy atom. The zero-order valence-corrected chi connectivity index (χ0v) is 21.1. The zero-order valence-electron chi connectivity index (χ0n) is 20.3. The normalized spacial score (nSPS) is 22.1. The Morgan fingerprint density at radius 2 is 1.79 bits per heavy atom. The van der Waals surface area contributed by atoms with Gasteiger partial charge in [0.25, 0.3) is 5.91 Å². The van der Waals surface area contributed by atoms with E-state index in [4.69, 9.17) is 21.1 Å². The average molecular weight is 489 g/mol. The number of fused-ring (bicyclic) bond motifs is 1. The van der Waals surface area contributed by atoms with Gasteiger partial charge in [0.05, 0.1) is 11.7 Å². The van der Waals surface area contributed by atoms with Crippen LogP contribution in [-0.2, 0) is 4.74 Å². The van der Waals surface area contributed by atoms with Crippen LogP contribution in [0.5, 0.6) is 5.75 Å².